The molecule has 1 aromatic carbocycles. The van der Waals surface area contributed by atoms with Gasteiger partial charge in [0.05, 0.1) is 5.52 Å². The van der Waals surface area contributed by atoms with Gasteiger partial charge in [0.1, 0.15) is 0 Å². The van der Waals surface area contributed by atoms with E-state index in [0.717, 1.165) is 37.0 Å². The number of nitrogens with zero attached hydrogens (tertiary/aromatic N) is 1. The summed E-state index contributed by atoms with van der Waals surface area (Å²) in [6.45, 7) is 1.75. The van der Waals surface area contributed by atoms with E-state index < -0.39 is 0 Å². The molecule has 0 radical (unpaired) electrons. The molecule has 0 aliphatic carbocycles. The monoisotopic (exact) mass is 242 g/mol. The fourth-order valence-electron chi connectivity index (χ4n) is 2.59. The van der Waals surface area contributed by atoms with Crippen LogP contribution in [0.1, 0.15) is 24.4 Å². The van der Waals surface area contributed by atoms with Gasteiger partial charge in [-0.2, -0.15) is 0 Å². The average Bonchev–Trinajstić information content (AvgIpc) is 2.91. The van der Waals surface area contributed by atoms with Gasteiger partial charge in [0.2, 0.25) is 0 Å². The van der Waals surface area contributed by atoms with Crippen molar-refractivity contribution in [1.29, 1.82) is 0 Å². The zero-order chi connectivity index (χ0) is 12.4. The van der Waals surface area contributed by atoms with E-state index in [-0.39, 0.29) is 6.04 Å². The van der Waals surface area contributed by atoms with Gasteiger partial charge in [0.15, 0.2) is 0 Å². The molecule has 2 unspecified atom stereocenters. The van der Waals surface area contributed by atoms with Crippen LogP contribution in [0.3, 0.4) is 0 Å². The van der Waals surface area contributed by atoms with Crippen LogP contribution in [0.5, 0.6) is 0 Å². The van der Waals surface area contributed by atoms with Crippen LogP contribution >= 0.6 is 0 Å². The summed E-state index contributed by atoms with van der Waals surface area (Å²) in [5.41, 5.74) is 8.51. The summed E-state index contributed by atoms with van der Waals surface area (Å²) in [6, 6.07) is 10.4. The van der Waals surface area contributed by atoms with Gasteiger partial charge < -0.3 is 10.5 Å². The van der Waals surface area contributed by atoms with Gasteiger partial charge in [-0.05, 0) is 42.5 Å². The molecule has 0 amide bonds. The Morgan fingerprint density at radius 3 is 3.17 bits per heavy atom. The zero-order valence-corrected chi connectivity index (χ0v) is 10.4. The number of hydrogen-bond donors (Lipinski definition) is 1. The number of benzene rings is 1. The minimum atomic E-state index is 0.0984. The van der Waals surface area contributed by atoms with Gasteiger partial charge >= 0.3 is 0 Å². The quantitative estimate of drug-likeness (QED) is 0.900. The van der Waals surface area contributed by atoms with Crippen LogP contribution in [0.2, 0.25) is 0 Å². The summed E-state index contributed by atoms with van der Waals surface area (Å²) in [6.07, 6.45) is 3.96. The normalized spacial score (nSPS) is 21.3. The Kier molecular flexibility index (Phi) is 3.26. The molecule has 3 heteroatoms. The molecule has 2 N–H and O–H groups in total. The number of aromatic nitrogens is 1. The fraction of sp³-hybridized carbons (Fsp3) is 0.400. The molecule has 1 aromatic heterocycles. The van der Waals surface area contributed by atoms with Crippen LogP contribution in [-0.4, -0.2) is 18.2 Å². The van der Waals surface area contributed by atoms with E-state index in [1.807, 2.05) is 12.3 Å². The summed E-state index contributed by atoms with van der Waals surface area (Å²) in [5, 5.41) is 1.16. The topological polar surface area (TPSA) is 48.1 Å². The molecule has 1 saturated heterocycles. The first kappa shape index (κ1) is 11.6. The molecule has 1 aliphatic rings. The summed E-state index contributed by atoms with van der Waals surface area (Å²) in [5.74, 6) is 0.615. The van der Waals surface area contributed by atoms with Crippen LogP contribution in [0.15, 0.2) is 36.5 Å². The third-order valence-corrected chi connectivity index (χ3v) is 3.67. The van der Waals surface area contributed by atoms with Gasteiger partial charge in [-0.1, -0.05) is 12.1 Å². The van der Waals surface area contributed by atoms with Crippen LogP contribution in [0.4, 0.5) is 0 Å². The van der Waals surface area contributed by atoms with Gasteiger partial charge in [-0.15, -0.1) is 0 Å². The number of ether oxygens (including phenoxy) is 1. The van der Waals surface area contributed by atoms with Gasteiger partial charge in [-0.3, -0.25) is 4.98 Å². The SMILES string of the molecule is NC(CC1CCOC1)c1ccc2ncccc2c1. The summed E-state index contributed by atoms with van der Waals surface area (Å²) in [4.78, 5) is 4.32. The Morgan fingerprint density at radius 1 is 1.39 bits per heavy atom. The van der Waals surface area contributed by atoms with E-state index in [2.05, 4.69) is 29.2 Å². The fourth-order valence-corrected chi connectivity index (χ4v) is 2.59. The first-order valence-corrected chi connectivity index (χ1v) is 6.51. The number of pyridine rings is 1. The lowest BCUT2D eigenvalue weighted by Gasteiger charge is -2.16. The van der Waals surface area contributed by atoms with E-state index in [1.54, 1.807) is 0 Å². The van der Waals surface area contributed by atoms with Crippen molar-refractivity contribution in [3.05, 3.63) is 42.1 Å². The third-order valence-electron chi connectivity index (χ3n) is 3.67. The van der Waals surface area contributed by atoms with Crippen LogP contribution in [-0.2, 0) is 4.74 Å². The second-order valence-corrected chi connectivity index (χ2v) is 5.03. The highest BCUT2D eigenvalue weighted by Crippen LogP contribution is 2.26. The predicted molar refractivity (Wildman–Crippen MR) is 72.2 cm³/mol. The maximum atomic E-state index is 6.29. The van der Waals surface area contributed by atoms with Crippen molar-refractivity contribution < 1.29 is 4.74 Å². The average molecular weight is 242 g/mol. The first-order chi connectivity index (χ1) is 8.83. The van der Waals surface area contributed by atoms with Gasteiger partial charge in [0, 0.05) is 30.8 Å². The number of rotatable bonds is 3. The molecular formula is C15H18N2O. The molecular weight excluding hydrogens is 224 g/mol. The predicted octanol–water partition coefficient (Wildman–Crippen LogP) is 2.66. The molecule has 18 heavy (non-hydrogen) atoms. The minimum absolute atomic E-state index is 0.0984. The lowest BCUT2D eigenvalue weighted by Crippen LogP contribution is -2.15. The molecule has 1 aliphatic heterocycles. The van der Waals surface area contributed by atoms with E-state index >= 15 is 0 Å². The molecule has 0 bridgehead atoms. The highest BCUT2D eigenvalue weighted by molar-refractivity contribution is 5.79. The van der Waals surface area contributed by atoms with Crippen molar-refractivity contribution in [3.8, 4) is 0 Å². The van der Waals surface area contributed by atoms with E-state index in [4.69, 9.17) is 10.5 Å². The van der Waals surface area contributed by atoms with Crippen molar-refractivity contribution in [2.75, 3.05) is 13.2 Å². The van der Waals surface area contributed by atoms with Crippen molar-refractivity contribution in [3.63, 3.8) is 0 Å². The van der Waals surface area contributed by atoms with Gasteiger partial charge in [-0.25, -0.2) is 0 Å². The Bertz CT molecular complexity index is 535. The van der Waals surface area contributed by atoms with Gasteiger partial charge in [0.25, 0.3) is 0 Å². The molecule has 0 saturated carbocycles. The molecule has 3 rings (SSSR count). The second kappa shape index (κ2) is 5.04. The lowest BCUT2D eigenvalue weighted by atomic mass is 9.94. The van der Waals surface area contributed by atoms with E-state index in [9.17, 15) is 0 Å². The molecule has 2 atom stereocenters. The van der Waals surface area contributed by atoms with Crippen molar-refractivity contribution >= 4 is 10.9 Å². The highest BCUT2D eigenvalue weighted by Gasteiger charge is 2.19. The maximum absolute atomic E-state index is 6.29. The largest absolute Gasteiger partial charge is 0.381 e. The number of fused-ring (bicyclic) bond motifs is 1. The van der Waals surface area contributed by atoms with E-state index in [0.29, 0.717) is 5.92 Å². The van der Waals surface area contributed by atoms with Crippen LogP contribution in [0, 0.1) is 5.92 Å². The molecule has 94 valence electrons. The Balaban J connectivity index is 1.80. The Labute approximate surface area is 107 Å². The molecule has 0 spiro atoms. The third kappa shape index (κ3) is 2.37. The van der Waals surface area contributed by atoms with Crippen LogP contribution in [0.25, 0.3) is 10.9 Å². The number of hydrogen-bond acceptors (Lipinski definition) is 3. The molecule has 2 heterocycles. The van der Waals surface area contributed by atoms with Crippen molar-refractivity contribution in [2.24, 2.45) is 11.7 Å². The smallest absolute Gasteiger partial charge is 0.0702 e. The number of nitrogens with two attached hydrogens (primary N) is 1. The minimum Gasteiger partial charge on any atom is -0.381 e. The highest BCUT2D eigenvalue weighted by atomic mass is 16.5. The summed E-state index contributed by atoms with van der Waals surface area (Å²) >= 11 is 0. The van der Waals surface area contributed by atoms with Crippen molar-refractivity contribution in [2.45, 2.75) is 18.9 Å². The molecule has 2 aromatic rings. The maximum Gasteiger partial charge on any atom is 0.0702 e. The molecule has 1 fully saturated rings. The molecule has 3 nitrogen and oxygen atoms in total. The Morgan fingerprint density at radius 2 is 2.33 bits per heavy atom. The van der Waals surface area contributed by atoms with Crippen molar-refractivity contribution in [1.82, 2.24) is 4.98 Å². The summed E-state index contributed by atoms with van der Waals surface area (Å²) < 4.78 is 5.40. The lowest BCUT2D eigenvalue weighted by molar-refractivity contribution is 0.182. The first-order valence-electron chi connectivity index (χ1n) is 6.51. The second-order valence-electron chi connectivity index (χ2n) is 5.03. The van der Waals surface area contributed by atoms with Crippen LogP contribution < -0.4 is 5.73 Å². The summed E-state index contributed by atoms with van der Waals surface area (Å²) in [7, 11) is 0. The standard InChI is InChI=1S/C15H18N2O/c16-14(8-11-5-7-18-10-11)12-3-4-15-13(9-12)2-1-6-17-15/h1-4,6,9,11,14H,5,7-8,10,16H2. The Hall–Kier alpha value is -1.45. The zero-order valence-electron chi connectivity index (χ0n) is 10.4. The van der Waals surface area contributed by atoms with E-state index in [1.165, 1.54) is 5.56 Å².